The summed E-state index contributed by atoms with van der Waals surface area (Å²) in [5.74, 6) is -0.918. The summed E-state index contributed by atoms with van der Waals surface area (Å²) in [6.07, 6.45) is -1.27. The molecule has 1 N–H and O–H groups in total. The molecule has 0 aromatic heterocycles. The van der Waals surface area contributed by atoms with Gasteiger partial charge in [-0.2, -0.15) is 0 Å². The molecule has 0 saturated carbocycles. The maximum atomic E-state index is 13.7. The van der Waals surface area contributed by atoms with Crippen LogP contribution in [0.5, 0.6) is 5.75 Å². The van der Waals surface area contributed by atoms with E-state index in [2.05, 4.69) is 0 Å². The fourth-order valence-electron chi connectivity index (χ4n) is 1.71. The van der Waals surface area contributed by atoms with Crippen LogP contribution < -0.4 is 4.74 Å². The van der Waals surface area contributed by atoms with Gasteiger partial charge in [-0.1, -0.05) is 23.7 Å². The highest BCUT2D eigenvalue weighted by atomic mass is 35.5. The van der Waals surface area contributed by atoms with E-state index in [0.29, 0.717) is 11.3 Å². The van der Waals surface area contributed by atoms with Gasteiger partial charge in [0.25, 0.3) is 0 Å². The quantitative estimate of drug-likeness (QED) is 0.871. The third-order valence-electron chi connectivity index (χ3n) is 2.77. The summed E-state index contributed by atoms with van der Waals surface area (Å²) in [6.45, 7) is 0. The van der Waals surface area contributed by atoms with Gasteiger partial charge in [-0.15, -0.1) is 0 Å². The van der Waals surface area contributed by atoms with Crippen molar-refractivity contribution in [3.8, 4) is 5.75 Å². The molecule has 2 aromatic carbocycles. The van der Waals surface area contributed by atoms with Gasteiger partial charge in [0.15, 0.2) is 0 Å². The standard InChI is InChI=1S/C14H11ClF2O2/c1-19-9-4-2-8(3-5-9)14(18)10-6-13(17)11(15)7-12(10)16/h2-7,14,18H,1H3. The van der Waals surface area contributed by atoms with Gasteiger partial charge in [-0.25, -0.2) is 8.78 Å². The normalized spacial score (nSPS) is 12.3. The van der Waals surface area contributed by atoms with Crippen LogP contribution in [0.4, 0.5) is 8.78 Å². The van der Waals surface area contributed by atoms with E-state index in [9.17, 15) is 13.9 Å². The highest BCUT2D eigenvalue weighted by Gasteiger charge is 2.17. The topological polar surface area (TPSA) is 29.5 Å². The van der Waals surface area contributed by atoms with Crippen molar-refractivity contribution < 1.29 is 18.6 Å². The highest BCUT2D eigenvalue weighted by Crippen LogP contribution is 2.29. The number of hydrogen-bond donors (Lipinski definition) is 1. The van der Waals surface area contributed by atoms with Gasteiger partial charge < -0.3 is 9.84 Å². The molecule has 0 spiro atoms. The maximum absolute atomic E-state index is 13.7. The molecular formula is C14H11ClF2O2. The van der Waals surface area contributed by atoms with E-state index in [1.54, 1.807) is 24.3 Å². The fourth-order valence-corrected chi connectivity index (χ4v) is 1.86. The molecule has 19 heavy (non-hydrogen) atoms. The molecule has 0 saturated heterocycles. The summed E-state index contributed by atoms with van der Waals surface area (Å²) < 4.78 is 32.0. The molecular weight excluding hydrogens is 274 g/mol. The minimum Gasteiger partial charge on any atom is -0.497 e. The number of ether oxygens (including phenoxy) is 1. The Hall–Kier alpha value is -1.65. The molecule has 0 radical (unpaired) electrons. The lowest BCUT2D eigenvalue weighted by Crippen LogP contribution is -2.03. The van der Waals surface area contributed by atoms with Crippen LogP contribution >= 0.6 is 11.6 Å². The lowest BCUT2D eigenvalue weighted by atomic mass is 10.0. The van der Waals surface area contributed by atoms with Crippen molar-refractivity contribution >= 4 is 11.6 Å². The summed E-state index contributed by atoms with van der Waals surface area (Å²) in [6, 6.07) is 8.15. The molecule has 2 rings (SSSR count). The molecule has 0 fully saturated rings. The molecule has 1 atom stereocenters. The Labute approximate surface area is 114 Å². The number of hydrogen-bond acceptors (Lipinski definition) is 2. The van der Waals surface area contributed by atoms with Crippen LogP contribution in [-0.2, 0) is 0 Å². The average Bonchev–Trinajstić information content (AvgIpc) is 2.42. The van der Waals surface area contributed by atoms with Crippen molar-refractivity contribution in [1.82, 2.24) is 0 Å². The first-order valence-electron chi connectivity index (χ1n) is 5.49. The van der Waals surface area contributed by atoms with Crippen LogP contribution in [-0.4, -0.2) is 12.2 Å². The second kappa shape index (κ2) is 5.55. The van der Waals surface area contributed by atoms with Crippen molar-refractivity contribution in [2.45, 2.75) is 6.10 Å². The Morgan fingerprint density at radius 3 is 2.32 bits per heavy atom. The minimum atomic E-state index is -1.27. The fraction of sp³-hybridized carbons (Fsp3) is 0.143. The molecule has 1 unspecified atom stereocenters. The zero-order chi connectivity index (χ0) is 14.0. The number of aliphatic hydroxyl groups is 1. The molecule has 0 amide bonds. The second-order valence-electron chi connectivity index (χ2n) is 3.96. The molecule has 0 bridgehead atoms. The van der Waals surface area contributed by atoms with Crippen molar-refractivity contribution in [2.75, 3.05) is 7.11 Å². The zero-order valence-electron chi connectivity index (χ0n) is 10.0. The smallest absolute Gasteiger partial charge is 0.142 e. The van der Waals surface area contributed by atoms with Gasteiger partial charge in [0, 0.05) is 5.56 Å². The lowest BCUT2D eigenvalue weighted by Gasteiger charge is -2.13. The van der Waals surface area contributed by atoms with E-state index in [-0.39, 0.29) is 10.6 Å². The largest absolute Gasteiger partial charge is 0.497 e. The van der Waals surface area contributed by atoms with Crippen molar-refractivity contribution in [2.24, 2.45) is 0 Å². The highest BCUT2D eigenvalue weighted by molar-refractivity contribution is 6.30. The summed E-state index contributed by atoms with van der Waals surface area (Å²) in [7, 11) is 1.51. The predicted octanol–water partition coefficient (Wildman–Crippen LogP) is 3.71. The molecule has 0 aliphatic rings. The molecule has 0 aliphatic carbocycles. The number of aliphatic hydroxyl groups excluding tert-OH is 1. The van der Waals surface area contributed by atoms with Gasteiger partial charge in [-0.3, -0.25) is 0 Å². The van der Waals surface area contributed by atoms with E-state index in [1.807, 2.05) is 0 Å². The van der Waals surface area contributed by atoms with E-state index < -0.39 is 17.7 Å². The minimum absolute atomic E-state index is 0.160. The summed E-state index contributed by atoms with van der Waals surface area (Å²) in [5, 5.41) is 9.74. The van der Waals surface area contributed by atoms with Crippen molar-refractivity contribution in [1.29, 1.82) is 0 Å². The second-order valence-corrected chi connectivity index (χ2v) is 4.37. The van der Waals surface area contributed by atoms with Gasteiger partial charge in [-0.05, 0) is 29.8 Å². The number of rotatable bonds is 3. The first-order valence-corrected chi connectivity index (χ1v) is 5.87. The van der Waals surface area contributed by atoms with E-state index in [0.717, 1.165) is 12.1 Å². The SMILES string of the molecule is COc1ccc(C(O)c2cc(F)c(Cl)cc2F)cc1. The zero-order valence-corrected chi connectivity index (χ0v) is 10.8. The molecule has 2 aromatic rings. The van der Waals surface area contributed by atoms with Gasteiger partial charge in [0.05, 0.1) is 12.1 Å². The summed E-state index contributed by atoms with van der Waals surface area (Å²) in [5.41, 5.74) is 0.272. The van der Waals surface area contributed by atoms with E-state index in [1.165, 1.54) is 7.11 Å². The van der Waals surface area contributed by atoms with Crippen LogP contribution in [0.15, 0.2) is 36.4 Å². The third-order valence-corrected chi connectivity index (χ3v) is 3.06. The van der Waals surface area contributed by atoms with Gasteiger partial charge in [0.2, 0.25) is 0 Å². The maximum Gasteiger partial charge on any atom is 0.142 e. The van der Waals surface area contributed by atoms with E-state index in [4.69, 9.17) is 16.3 Å². The first-order chi connectivity index (χ1) is 9.02. The van der Waals surface area contributed by atoms with Crippen LogP contribution in [0.25, 0.3) is 0 Å². The Bertz CT molecular complexity index is 585. The summed E-state index contributed by atoms with van der Waals surface area (Å²) >= 11 is 5.46. The Morgan fingerprint density at radius 1 is 1.11 bits per heavy atom. The van der Waals surface area contributed by atoms with Crippen molar-refractivity contribution in [3.63, 3.8) is 0 Å². The Balaban J connectivity index is 2.37. The first kappa shape index (κ1) is 13.8. The Kier molecular flexibility index (Phi) is 4.02. The van der Waals surface area contributed by atoms with Crippen LogP contribution in [0.1, 0.15) is 17.2 Å². The number of halogens is 3. The average molecular weight is 285 g/mol. The van der Waals surface area contributed by atoms with Crippen LogP contribution in [0.2, 0.25) is 5.02 Å². The molecule has 0 heterocycles. The van der Waals surface area contributed by atoms with Crippen LogP contribution in [0, 0.1) is 11.6 Å². The van der Waals surface area contributed by atoms with E-state index >= 15 is 0 Å². The molecule has 0 aliphatic heterocycles. The Morgan fingerprint density at radius 2 is 1.74 bits per heavy atom. The van der Waals surface area contributed by atoms with Gasteiger partial charge in [0.1, 0.15) is 23.5 Å². The molecule has 100 valence electrons. The predicted molar refractivity (Wildman–Crippen MR) is 68.4 cm³/mol. The van der Waals surface area contributed by atoms with Crippen LogP contribution in [0.3, 0.4) is 0 Å². The third kappa shape index (κ3) is 2.85. The molecule has 5 heteroatoms. The monoisotopic (exact) mass is 284 g/mol. The number of benzene rings is 2. The lowest BCUT2D eigenvalue weighted by molar-refractivity contribution is 0.214. The summed E-state index contributed by atoms with van der Waals surface area (Å²) in [4.78, 5) is 0. The molecule has 2 nitrogen and oxygen atoms in total. The van der Waals surface area contributed by atoms with Gasteiger partial charge >= 0.3 is 0 Å². The number of methoxy groups -OCH3 is 1. The van der Waals surface area contributed by atoms with Crippen molar-refractivity contribution in [3.05, 3.63) is 64.2 Å².